The van der Waals surface area contributed by atoms with Crippen LogP contribution in [-0.2, 0) is 9.59 Å². The number of amides is 2. The van der Waals surface area contributed by atoms with E-state index in [-0.39, 0.29) is 12.5 Å². The van der Waals surface area contributed by atoms with Gasteiger partial charge in [-0.25, -0.2) is 4.39 Å². The van der Waals surface area contributed by atoms with Crippen molar-refractivity contribution in [3.05, 3.63) is 84.2 Å². The van der Waals surface area contributed by atoms with Gasteiger partial charge in [0.1, 0.15) is 5.82 Å². The molecule has 3 rings (SSSR count). The minimum Gasteiger partial charge on any atom is -0.493 e. The highest BCUT2D eigenvalue weighted by Crippen LogP contribution is 2.28. The molecule has 0 heterocycles. The van der Waals surface area contributed by atoms with Crippen LogP contribution in [0.4, 0.5) is 21.5 Å². The van der Waals surface area contributed by atoms with E-state index < -0.39 is 11.7 Å². The number of carbonyl (C=O) groups is 2. The largest absolute Gasteiger partial charge is 0.493 e. The number of benzene rings is 3. The Kier molecular flexibility index (Phi) is 7.42. The van der Waals surface area contributed by atoms with E-state index in [2.05, 4.69) is 10.6 Å². The number of nitrogens with one attached hydrogen (secondary N) is 2. The van der Waals surface area contributed by atoms with Crippen LogP contribution in [0.5, 0.6) is 11.5 Å². The van der Waals surface area contributed by atoms with Crippen LogP contribution >= 0.6 is 0 Å². The van der Waals surface area contributed by atoms with Gasteiger partial charge in [-0.15, -0.1) is 0 Å². The first-order valence-electron chi connectivity index (χ1n) is 9.64. The summed E-state index contributed by atoms with van der Waals surface area (Å²) >= 11 is 0. The Morgan fingerprint density at radius 2 is 1.81 bits per heavy atom. The van der Waals surface area contributed by atoms with Gasteiger partial charge in [0.2, 0.25) is 5.91 Å². The van der Waals surface area contributed by atoms with Crippen LogP contribution in [0.15, 0.2) is 72.8 Å². The van der Waals surface area contributed by atoms with Crippen LogP contribution in [0.3, 0.4) is 0 Å². The molecule has 3 aromatic carbocycles. The average Bonchev–Trinajstić information content (AvgIpc) is 2.78. The predicted octanol–water partition coefficient (Wildman–Crippen LogP) is 4.09. The zero-order valence-corrected chi connectivity index (χ0v) is 17.3. The second-order valence-electron chi connectivity index (χ2n) is 6.67. The molecule has 7 nitrogen and oxygen atoms in total. The fraction of sp³-hybridized carbons (Fsp3) is 0.0833. The first-order valence-corrected chi connectivity index (χ1v) is 9.64. The van der Waals surface area contributed by atoms with Crippen molar-refractivity contribution in [3.63, 3.8) is 0 Å². The van der Waals surface area contributed by atoms with Gasteiger partial charge in [-0.2, -0.15) is 0 Å². The number of hydrogen-bond acceptors (Lipinski definition) is 5. The van der Waals surface area contributed by atoms with Crippen molar-refractivity contribution in [2.45, 2.75) is 0 Å². The Morgan fingerprint density at radius 1 is 1.00 bits per heavy atom. The molecule has 0 aliphatic rings. The number of nitrogens with two attached hydrogens (primary N) is 1. The van der Waals surface area contributed by atoms with Crippen LogP contribution in [0.2, 0.25) is 0 Å². The molecule has 4 N–H and O–H groups in total. The highest BCUT2D eigenvalue weighted by Gasteiger charge is 2.09. The molecule has 164 valence electrons. The lowest BCUT2D eigenvalue weighted by Gasteiger charge is -2.11. The SMILES string of the molecule is COc1cc(/C=C/C(=O)Nc2ccccc2N)ccc1OCC(=O)Nc1cccc(F)c1. The molecule has 0 radical (unpaired) electrons. The Bertz CT molecular complexity index is 1150. The number of hydrogen-bond donors (Lipinski definition) is 3. The third kappa shape index (κ3) is 6.33. The maximum atomic E-state index is 13.2. The van der Waals surface area contributed by atoms with Crippen LogP contribution in [-0.4, -0.2) is 25.5 Å². The van der Waals surface area contributed by atoms with Gasteiger partial charge in [0, 0.05) is 11.8 Å². The minimum atomic E-state index is -0.449. The Morgan fingerprint density at radius 3 is 2.56 bits per heavy atom. The Labute approximate surface area is 184 Å². The van der Waals surface area contributed by atoms with E-state index in [1.165, 1.54) is 31.4 Å². The molecule has 0 saturated heterocycles. The normalized spacial score (nSPS) is 10.6. The molecular weight excluding hydrogens is 413 g/mol. The summed E-state index contributed by atoms with van der Waals surface area (Å²) in [6, 6.07) is 17.5. The summed E-state index contributed by atoms with van der Waals surface area (Å²) < 4.78 is 24.0. The molecule has 0 aromatic heterocycles. The van der Waals surface area contributed by atoms with Crippen molar-refractivity contribution in [2.24, 2.45) is 0 Å². The monoisotopic (exact) mass is 435 g/mol. The van der Waals surface area contributed by atoms with Gasteiger partial charge in [-0.05, 0) is 54.1 Å². The fourth-order valence-corrected chi connectivity index (χ4v) is 2.77. The summed E-state index contributed by atoms with van der Waals surface area (Å²) in [6.07, 6.45) is 2.98. The zero-order chi connectivity index (χ0) is 22.9. The Hall–Kier alpha value is -4.33. The summed E-state index contributed by atoms with van der Waals surface area (Å²) in [5.41, 5.74) is 7.84. The first-order chi connectivity index (χ1) is 15.4. The summed E-state index contributed by atoms with van der Waals surface area (Å²) in [5, 5.41) is 5.25. The molecule has 8 heteroatoms. The maximum Gasteiger partial charge on any atom is 0.262 e. The molecular formula is C24H22FN3O4. The van der Waals surface area contributed by atoms with Gasteiger partial charge in [0.15, 0.2) is 18.1 Å². The van der Waals surface area contributed by atoms with Crippen molar-refractivity contribution in [1.29, 1.82) is 0 Å². The number of carbonyl (C=O) groups excluding carboxylic acids is 2. The van der Waals surface area contributed by atoms with Gasteiger partial charge in [0.25, 0.3) is 5.91 Å². The van der Waals surface area contributed by atoms with E-state index in [0.29, 0.717) is 34.1 Å². The number of methoxy groups -OCH3 is 1. The molecule has 32 heavy (non-hydrogen) atoms. The maximum absolute atomic E-state index is 13.2. The number of para-hydroxylation sites is 2. The van der Waals surface area contributed by atoms with Crippen LogP contribution in [0.25, 0.3) is 6.08 Å². The van der Waals surface area contributed by atoms with Gasteiger partial charge in [-0.3, -0.25) is 9.59 Å². The van der Waals surface area contributed by atoms with E-state index in [4.69, 9.17) is 15.2 Å². The van der Waals surface area contributed by atoms with E-state index in [1.54, 1.807) is 54.6 Å². The molecule has 2 amide bonds. The first kappa shape index (κ1) is 22.4. The lowest BCUT2D eigenvalue weighted by Crippen LogP contribution is -2.20. The zero-order valence-electron chi connectivity index (χ0n) is 17.3. The second-order valence-corrected chi connectivity index (χ2v) is 6.67. The smallest absolute Gasteiger partial charge is 0.262 e. The minimum absolute atomic E-state index is 0.289. The van der Waals surface area contributed by atoms with E-state index in [1.807, 2.05) is 0 Å². The standard InChI is InChI=1S/C24H22FN3O4/c1-31-22-13-16(10-12-23(29)28-20-8-3-2-7-19(20)26)9-11-21(22)32-15-24(30)27-18-6-4-5-17(25)14-18/h2-14H,15,26H2,1H3,(H,27,30)(H,28,29)/b12-10+. The molecule has 0 aliphatic carbocycles. The topological polar surface area (TPSA) is 103 Å². The third-order valence-corrected chi connectivity index (χ3v) is 4.30. The third-order valence-electron chi connectivity index (χ3n) is 4.30. The van der Waals surface area contributed by atoms with Gasteiger partial charge >= 0.3 is 0 Å². The van der Waals surface area contributed by atoms with E-state index >= 15 is 0 Å². The summed E-state index contributed by atoms with van der Waals surface area (Å²) in [5.74, 6) is -0.497. The van der Waals surface area contributed by atoms with Crippen molar-refractivity contribution < 1.29 is 23.5 Å². The lowest BCUT2D eigenvalue weighted by molar-refractivity contribution is -0.118. The molecule has 0 fully saturated rings. The summed E-state index contributed by atoms with van der Waals surface area (Å²) in [4.78, 5) is 24.2. The second kappa shape index (κ2) is 10.6. The van der Waals surface area contributed by atoms with Crippen LogP contribution in [0, 0.1) is 5.82 Å². The van der Waals surface area contributed by atoms with E-state index in [0.717, 1.165) is 0 Å². The highest BCUT2D eigenvalue weighted by atomic mass is 19.1. The molecule has 0 unspecified atom stereocenters. The van der Waals surface area contributed by atoms with Gasteiger partial charge < -0.3 is 25.8 Å². The summed E-state index contributed by atoms with van der Waals surface area (Å²) in [6.45, 7) is -0.289. The number of halogens is 1. The number of anilines is 3. The molecule has 3 aromatic rings. The van der Waals surface area contributed by atoms with Gasteiger partial charge in [-0.1, -0.05) is 24.3 Å². The fourth-order valence-electron chi connectivity index (χ4n) is 2.77. The number of nitrogen functional groups attached to an aromatic ring is 1. The Balaban J connectivity index is 1.59. The molecule has 0 bridgehead atoms. The molecule has 0 spiro atoms. The summed E-state index contributed by atoms with van der Waals surface area (Å²) in [7, 11) is 1.47. The van der Waals surface area contributed by atoms with Crippen molar-refractivity contribution in [1.82, 2.24) is 0 Å². The highest BCUT2D eigenvalue weighted by molar-refractivity contribution is 6.03. The quantitative estimate of drug-likeness (QED) is 0.365. The number of rotatable bonds is 8. The van der Waals surface area contributed by atoms with Crippen LogP contribution < -0.4 is 25.8 Å². The predicted molar refractivity (Wildman–Crippen MR) is 122 cm³/mol. The average molecular weight is 435 g/mol. The molecule has 0 atom stereocenters. The van der Waals surface area contributed by atoms with Crippen molar-refractivity contribution >= 4 is 35.0 Å². The van der Waals surface area contributed by atoms with Crippen molar-refractivity contribution in [2.75, 3.05) is 30.1 Å². The molecule has 0 aliphatic heterocycles. The van der Waals surface area contributed by atoms with Crippen LogP contribution in [0.1, 0.15) is 5.56 Å². The van der Waals surface area contributed by atoms with E-state index in [9.17, 15) is 14.0 Å². The number of ether oxygens (including phenoxy) is 2. The molecule has 0 saturated carbocycles. The van der Waals surface area contributed by atoms with Gasteiger partial charge in [0.05, 0.1) is 18.5 Å². The lowest BCUT2D eigenvalue weighted by atomic mass is 10.2. The van der Waals surface area contributed by atoms with Crippen molar-refractivity contribution in [3.8, 4) is 11.5 Å².